The third-order valence-electron chi connectivity index (χ3n) is 3.05. The summed E-state index contributed by atoms with van der Waals surface area (Å²) in [5.41, 5.74) is 0.456. The van der Waals surface area contributed by atoms with Crippen LogP contribution < -0.4 is 10.6 Å². The molecule has 0 bridgehead atoms. The van der Waals surface area contributed by atoms with Gasteiger partial charge in [-0.1, -0.05) is 42.5 Å². The summed E-state index contributed by atoms with van der Waals surface area (Å²) in [4.78, 5) is 34.7. The van der Waals surface area contributed by atoms with E-state index >= 15 is 0 Å². The lowest BCUT2D eigenvalue weighted by Crippen LogP contribution is -2.54. The van der Waals surface area contributed by atoms with Crippen LogP contribution in [0, 0.1) is 0 Å². The van der Waals surface area contributed by atoms with Crippen LogP contribution in [0.1, 0.15) is 16.8 Å². The minimum Gasteiger partial charge on any atom is -0.480 e. The van der Waals surface area contributed by atoms with Crippen LogP contribution in [0.3, 0.4) is 0 Å². The van der Waals surface area contributed by atoms with Crippen LogP contribution in [0.25, 0.3) is 0 Å². The highest BCUT2D eigenvalue weighted by atomic mass is 32.1. The normalized spacial score (nSPS) is 12.8. The Balaban J connectivity index is 2.60. The van der Waals surface area contributed by atoms with Gasteiger partial charge in [-0.2, -0.15) is 0 Å². The first-order chi connectivity index (χ1) is 11.4. The van der Waals surface area contributed by atoms with E-state index in [4.69, 9.17) is 22.4 Å². The molecule has 0 saturated heterocycles. The molecule has 0 aromatic heterocycles. The van der Waals surface area contributed by atoms with E-state index in [1.165, 1.54) is 0 Å². The number of ketones is 1. The molecule has 1 aromatic carbocycles. The number of thiocarbonyl (C=S) groups is 1. The first-order valence-electron chi connectivity index (χ1n) is 7.01. The number of Topliss-reactive ketones (excluding diaryl/α,β-unsaturated/α-hetero) is 1. The number of rotatable bonds is 9. The van der Waals surface area contributed by atoms with Crippen molar-refractivity contribution in [2.45, 2.75) is 18.5 Å². The van der Waals surface area contributed by atoms with Crippen LogP contribution >= 0.6 is 12.2 Å². The third kappa shape index (κ3) is 6.03. The number of carbonyl (C=O) groups is 3. The predicted octanol–water partition coefficient (Wildman–Crippen LogP) is -0.901. The first kappa shape index (κ1) is 19.7. The molecule has 24 heavy (non-hydrogen) atoms. The van der Waals surface area contributed by atoms with Gasteiger partial charge in [-0.3, -0.25) is 9.59 Å². The van der Waals surface area contributed by atoms with E-state index in [9.17, 15) is 19.5 Å². The molecule has 2 atom stereocenters. The van der Waals surface area contributed by atoms with Crippen molar-refractivity contribution >= 4 is 34.9 Å². The highest BCUT2D eigenvalue weighted by Crippen LogP contribution is 2.04. The van der Waals surface area contributed by atoms with Gasteiger partial charge in [0.05, 0.1) is 24.6 Å². The average Bonchev–Trinajstić information content (AvgIpc) is 2.57. The zero-order valence-corrected chi connectivity index (χ0v) is 13.5. The molecule has 0 saturated carbocycles. The zero-order chi connectivity index (χ0) is 18.1. The van der Waals surface area contributed by atoms with Gasteiger partial charge in [-0.15, -0.1) is 0 Å². The lowest BCUT2D eigenvalue weighted by molar-refractivity contribution is -0.143. The fraction of sp³-hybridized carbons (Fsp3) is 0.333. The Hall–Kier alpha value is -2.36. The Kier molecular flexibility index (Phi) is 7.96. The van der Waals surface area contributed by atoms with E-state index in [1.54, 1.807) is 30.3 Å². The number of hydrogen-bond donors (Lipinski definition) is 5. The minimum absolute atomic E-state index is 0.0360. The van der Waals surface area contributed by atoms with Crippen LogP contribution in [-0.2, 0) is 9.59 Å². The zero-order valence-electron chi connectivity index (χ0n) is 12.6. The monoisotopic (exact) mass is 354 g/mol. The van der Waals surface area contributed by atoms with Gasteiger partial charge in [0.2, 0.25) is 5.91 Å². The number of carboxylic acids is 1. The van der Waals surface area contributed by atoms with E-state index in [1.807, 2.05) is 0 Å². The topological polar surface area (TPSA) is 136 Å². The molecule has 0 radical (unpaired) electrons. The maximum Gasteiger partial charge on any atom is 0.328 e. The summed E-state index contributed by atoms with van der Waals surface area (Å²) in [6.45, 7) is -1.46. The molecule has 9 heteroatoms. The number of hydrogen-bond acceptors (Lipinski definition) is 6. The van der Waals surface area contributed by atoms with E-state index in [2.05, 4.69) is 10.6 Å². The van der Waals surface area contributed by atoms with Crippen molar-refractivity contribution < 1.29 is 29.7 Å². The van der Waals surface area contributed by atoms with Crippen molar-refractivity contribution in [2.75, 3.05) is 13.2 Å². The molecule has 1 amide bonds. The van der Waals surface area contributed by atoms with Gasteiger partial charge >= 0.3 is 5.97 Å². The van der Waals surface area contributed by atoms with Gasteiger partial charge < -0.3 is 26.0 Å². The van der Waals surface area contributed by atoms with E-state index in [0.29, 0.717) is 5.56 Å². The summed E-state index contributed by atoms with van der Waals surface area (Å²) < 4.78 is 0. The maximum absolute atomic E-state index is 12.0. The number of carboxylic acid groups (broad SMARTS) is 1. The van der Waals surface area contributed by atoms with Gasteiger partial charge in [0.15, 0.2) is 5.78 Å². The smallest absolute Gasteiger partial charge is 0.328 e. The molecule has 8 nitrogen and oxygen atoms in total. The lowest BCUT2D eigenvalue weighted by atomic mass is 10.1. The molecule has 0 spiro atoms. The Morgan fingerprint density at radius 3 is 2.08 bits per heavy atom. The molecule has 1 aromatic rings. The molecular formula is C15H18N2O6S. The van der Waals surface area contributed by atoms with E-state index in [0.717, 1.165) is 0 Å². The van der Waals surface area contributed by atoms with Crippen molar-refractivity contribution in [3.8, 4) is 0 Å². The number of benzene rings is 1. The van der Waals surface area contributed by atoms with Crippen LogP contribution in [0.15, 0.2) is 30.3 Å². The van der Waals surface area contributed by atoms with Gasteiger partial charge in [-0.25, -0.2) is 4.79 Å². The number of aliphatic hydroxyl groups is 2. The Morgan fingerprint density at radius 2 is 1.58 bits per heavy atom. The van der Waals surface area contributed by atoms with Crippen LogP contribution in [0.4, 0.5) is 0 Å². The molecule has 0 aliphatic heterocycles. The number of amides is 1. The molecule has 2 unspecified atom stereocenters. The maximum atomic E-state index is 12.0. The molecule has 130 valence electrons. The Morgan fingerprint density at radius 1 is 1.00 bits per heavy atom. The second-order valence-electron chi connectivity index (χ2n) is 4.85. The number of aliphatic carboxylic acids is 1. The van der Waals surface area contributed by atoms with Crippen molar-refractivity contribution in [2.24, 2.45) is 0 Å². The average molecular weight is 354 g/mol. The number of nitrogens with one attached hydrogen (secondary N) is 2. The van der Waals surface area contributed by atoms with Gasteiger partial charge in [-0.05, 0) is 0 Å². The molecule has 0 fully saturated rings. The van der Waals surface area contributed by atoms with Crippen LogP contribution in [0.5, 0.6) is 0 Å². The van der Waals surface area contributed by atoms with Crippen molar-refractivity contribution in [1.29, 1.82) is 0 Å². The third-order valence-corrected chi connectivity index (χ3v) is 3.31. The second-order valence-corrected chi connectivity index (χ2v) is 5.34. The SMILES string of the molecule is O=C(CC(=S)NC(CO)C(=O)NC(CO)C(=O)O)c1ccccc1. The van der Waals surface area contributed by atoms with E-state index in [-0.39, 0.29) is 17.2 Å². The molecule has 1 rings (SSSR count). The quantitative estimate of drug-likeness (QED) is 0.284. The summed E-state index contributed by atoms with van der Waals surface area (Å²) in [7, 11) is 0. The second kappa shape index (κ2) is 9.71. The Labute approximate surface area is 143 Å². The van der Waals surface area contributed by atoms with Crippen molar-refractivity contribution in [3.05, 3.63) is 35.9 Å². The highest BCUT2D eigenvalue weighted by molar-refractivity contribution is 7.80. The largest absolute Gasteiger partial charge is 0.480 e. The first-order valence-corrected chi connectivity index (χ1v) is 7.42. The van der Waals surface area contributed by atoms with Gasteiger partial charge in [0.25, 0.3) is 0 Å². The number of carbonyl (C=O) groups excluding carboxylic acids is 2. The Bertz CT molecular complexity index is 607. The summed E-state index contributed by atoms with van der Waals surface area (Å²) in [6, 6.07) is 5.70. The molecular weight excluding hydrogens is 336 g/mol. The fourth-order valence-electron chi connectivity index (χ4n) is 1.77. The molecule has 0 aliphatic carbocycles. The molecule has 5 N–H and O–H groups in total. The summed E-state index contributed by atoms with van der Waals surface area (Å²) >= 11 is 5.00. The summed E-state index contributed by atoms with van der Waals surface area (Å²) in [5, 5.41) is 31.5. The van der Waals surface area contributed by atoms with Crippen LogP contribution in [-0.4, -0.2) is 63.3 Å². The van der Waals surface area contributed by atoms with Gasteiger partial charge in [0, 0.05) is 5.56 Å². The van der Waals surface area contributed by atoms with Crippen molar-refractivity contribution in [1.82, 2.24) is 10.6 Å². The van der Waals surface area contributed by atoms with E-state index < -0.39 is 37.2 Å². The van der Waals surface area contributed by atoms with Gasteiger partial charge in [0.1, 0.15) is 12.1 Å². The summed E-state index contributed by atoms with van der Waals surface area (Å²) in [6.07, 6.45) is -0.161. The van der Waals surface area contributed by atoms with Crippen molar-refractivity contribution in [3.63, 3.8) is 0 Å². The summed E-state index contributed by atoms with van der Waals surface area (Å²) in [5.74, 6) is -2.53. The standard InChI is InChI=1S/C15H18N2O6S/c18-7-10(14(21)17-11(8-19)15(22)23)16-13(24)6-12(20)9-4-2-1-3-5-9/h1-5,10-11,18-19H,6-8H2,(H,16,24)(H,17,21)(H,22,23). The lowest BCUT2D eigenvalue weighted by Gasteiger charge is -2.19. The molecule has 0 heterocycles. The predicted molar refractivity (Wildman–Crippen MR) is 88.6 cm³/mol. The fourth-order valence-corrected chi connectivity index (χ4v) is 2.04. The minimum atomic E-state index is -1.49. The number of aliphatic hydroxyl groups excluding tert-OH is 2. The highest BCUT2D eigenvalue weighted by Gasteiger charge is 2.25. The molecule has 0 aliphatic rings. The van der Waals surface area contributed by atoms with Crippen LogP contribution in [0.2, 0.25) is 0 Å².